The summed E-state index contributed by atoms with van der Waals surface area (Å²) in [7, 11) is 0. The predicted molar refractivity (Wildman–Crippen MR) is 74.8 cm³/mol. The Labute approximate surface area is 121 Å². The van der Waals surface area contributed by atoms with Crippen molar-refractivity contribution in [3.05, 3.63) is 0 Å². The average Bonchev–Trinajstić information content (AvgIpc) is 2.85. The van der Waals surface area contributed by atoms with Crippen LogP contribution in [0.25, 0.3) is 0 Å². The fraction of sp³-hybridized carbons (Fsp3) is 0.875. The van der Waals surface area contributed by atoms with Gasteiger partial charge >= 0.3 is 11.9 Å². The van der Waals surface area contributed by atoms with Gasteiger partial charge in [0.25, 0.3) is 0 Å². The predicted octanol–water partition coefficient (Wildman–Crippen LogP) is 2.80. The second-order valence-electron chi connectivity index (χ2n) is 7.41. The summed E-state index contributed by atoms with van der Waals surface area (Å²) in [5.74, 6) is 1.64. The second-order valence-corrected chi connectivity index (χ2v) is 7.41. The molecule has 0 amide bonds. The summed E-state index contributed by atoms with van der Waals surface area (Å²) in [5.41, 5.74) is -0.542. The van der Waals surface area contributed by atoms with Crippen LogP contribution in [-0.2, 0) is 19.1 Å². The Morgan fingerprint density at radius 3 is 2.25 bits per heavy atom. The van der Waals surface area contributed by atoms with Crippen LogP contribution in [0.1, 0.15) is 47.5 Å². The Morgan fingerprint density at radius 2 is 1.75 bits per heavy atom. The van der Waals surface area contributed by atoms with Crippen LogP contribution in [0.15, 0.2) is 0 Å². The third-order valence-corrected chi connectivity index (χ3v) is 4.95. The molecule has 2 fully saturated rings. The molecule has 20 heavy (non-hydrogen) atoms. The molecule has 5 unspecified atom stereocenters. The monoisotopic (exact) mass is 282 g/mol. The molecule has 0 aromatic heterocycles. The van der Waals surface area contributed by atoms with Crippen molar-refractivity contribution in [1.82, 2.24) is 0 Å². The van der Waals surface area contributed by atoms with E-state index < -0.39 is 11.6 Å². The Balaban J connectivity index is 1.81. The summed E-state index contributed by atoms with van der Waals surface area (Å²) >= 11 is 0. The maximum atomic E-state index is 12.1. The summed E-state index contributed by atoms with van der Waals surface area (Å²) in [6, 6.07) is 0. The van der Waals surface area contributed by atoms with Gasteiger partial charge in [0.2, 0.25) is 0 Å². The molecule has 4 nitrogen and oxygen atoms in total. The third-order valence-electron chi connectivity index (χ3n) is 4.95. The lowest BCUT2D eigenvalue weighted by Crippen LogP contribution is -2.33. The molecule has 0 spiro atoms. The SMILES string of the molecule is CC1C2CC(C(=O)OCC(=O)OC(C)(C)C)C(C2)C1C. The minimum Gasteiger partial charge on any atom is -0.457 e. The molecule has 5 atom stereocenters. The molecule has 2 saturated carbocycles. The molecule has 0 aromatic rings. The van der Waals surface area contributed by atoms with Crippen molar-refractivity contribution < 1.29 is 19.1 Å². The van der Waals surface area contributed by atoms with Gasteiger partial charge in [-0.1, -0.05) is 13.8 Å². The highest BCUT2D eigenvalue weighted by Gasteiger charge is 2.51. The fourth-order valence-electron chi connectivity index (χ4n) is 3.82. The van der Waals surface area contributed by atoms with Crippen LogP contribution >= 0.6 is 0 Å². The molecule has 0 radical (unpaired) electrons. The van der Waals surface area contributed by atoms with Gasteiger partial charge in [-0.25, -0.2) is 4.79 Å². The van der Waals surface area contributed by atoms with Gasteiger partial charge in [0.15, 0.2) is 6.61 Å². The smallest absolute Gasteiger partial charge is 0.344 e. The van der Waals surface area contributed by atoms with Crippen LogP contribution < -0.4 is 0 Å². The van der Waals surface area contributed by atoms with Gasteiger partial charge in [0.05, 0.1) is 5.92 Å². The van der Waals surface area contributed by atoms with Gasteiger partial charge < -0.3 is 9.47 Å². The van der Waals surface area contributed by atoms with Gasteiger partial charge in [-0.2, -0.15) is 0 Å². The summed E-state index contributed by atoms with van der Waals surface area (Å²) in [6.45, 7) is 9.62. The van der Waals surface area contributed by atoms with Crippen molar-refractivity contribution in [2.75, 3.05) is 6.61 Å². The van der Waals surface area contributed by atoms with E-state index in [1.54, 1.807) is 20.8 Å². The molecule has 0 saturated heterocycles. The quantitative estimate of drug-likeness (QED) is 0.747. The highest BCUT2D eigenvalue weighted by Crippen LogP contribution is 2.55. The van der Waals surface area contributed by atoms with E-state index in [-0.39, 0.29) is 18.5 Å². The van der Waals surface area contributed by atoms with Gasteiger partial charge in [0.1, 0.15) is 5.60 Å². The van der Waals surface area contributed by atoms with Crippen LogP contribution in [0.3, 0.4) is 0 Å². The molecule has 2 rings (SSSR count). The molecule has 2 aliphatic rings. The topological polar surface area (TPSA) is 52.6 Å². The minimum atomic E-state index is -0.542. The fourth-order valence-corrected chi connectivity index (χ4v) is 3.82. The molecule has 4 heteroatoms. The number of hydrogen-bond acceptors (Lipinski definition) is 4. The number of ether oxygens (including phenoxy) is 2. The van der Waals surface area contributed by atoms with Crippen molar-refractivity contribution in [2.24, 2.45) is 29.6 Å². The van der Waals surface area contributed by atoms with Crippen molar-refractivity contribution >= 4 is 11.9 Å². The number of carbonyl (C=O) groups is 2. The van der Waals surface area contributed by atoms with Crippen LogP contribution in [0, 0.1) is 29.6 Å². The van der Waals surface area contributed by atoms with E-state index in [1.165, 1.54) is 0 Å². The van der Waals surface area contributed by atoms with Crippen LogP contribution in [0.5, 0.6) is 0 Å². The standard InChI is InChI=1S/C16H26O4/c1-9-10(2)12-6-11(9)7-13(12)15(18)19-8-14(17)20-16(3,4)5/h9-13H,6-8H2,1-5H3. The first kappa shape index (κ1) is 15.3. The number of carbonyl (C=O) groups excluding carboxylic acids is 2. The van der Waals surface area contributed by atoms with Crippen LogP contribution in [0.4, 0.5) is 0 Å². The zero-order valence-corrected chi connectivity index (χ0v) is 13.1. The van der Waals surface area contributed by atoms with Gasteiger partial charge in [-0.15, -0.1) is 0 Å². The zero-order valence-electron chi connectivity index (χ0n) is 13.1. The molecule has 0 N–H and O–H groups in total. The second kappa shape index (κ2) is 5.38. The van der Waals surface area contributed by atoms with Gasteiger partial charge in [-0.05, 0) is 57.3 Å². The van der Waals surface area contributed by atoms with E-state index in [4.69, 9.17) is 9.47 Å². The molecular weight excluding hydrogens is 256 g/mol. The van der Waals surface area contributed by atoms with Crippen molar-refractivity contribution in [2.45, 2.75) is 53.1 Å². The summed E-state index contributed by atoms with van der Waals surface area (Å²) in [5, 5.41) is 0. The first-order valence-electron chi connectivity index (χ1n) is 7.57. The molecular formula is C16H26O4. The summed E-state index contributed by atoms with van der Waals surface area (Å²) < 4.78 is 10.3. The molecule has 2 aliphatic carbocycles. The number of esters is 2. The van der Waals surface area contributed by atoms with E-state index in [0.717, 1.165) is 12.8 Å². The van der Waals surface area contributed by atoms with Crippen molar-refractivity contribution in [3.63, 3.8) is 0 Å². The maximum absolute atomic E-state index is 12.1. The van der Waals surface area contributed by atoms with Gasteiger partial charge in [-0.3, -0.25) is 4.79 Å². The first-order chi connectivity index (χ1) is 9.19. The van der Waals surface area contributed by atoms with E-state index in [2.05, 4.69) is 13.8 Å². The lowest BCUT2D eigenvalue weighted by molar-refractivity contribution is -0.169. The number of hydrogen-bond donors (Lipinski definition) is 0. The first-order valence-corrected chi connectivity index (χ1v) is 7.57. The van der Waals surface area contributed by atoms with Crippen molar-refractivity contribution in [1.29, 1.82) is 0 Å². The Kier molecular flexibility index (Phi) is 4.12. The molecule has 0 aliphatic heterocycles. The largest absolute Gasteiger partial charge is 0.457 e. The Hall–Kier alpha value is -1.06. The zero-order chi connectivity index (χ0) is 15.1. The molecule has 114 valence electrons. The van der Waals surface area contributed by atoms with Crippen molar-refractivity contribution in [3.8, 4) is 0 Å². The Bertz CT molecular complexity index is 394. The lowest BCUT2D eigenvalue weighted by Gasteiger charge is -2.30. The minimum absolute atomic E-state index is 0.0198. The average molecular weight is 282 g/mol. The lowest BCUT2D eigenvalue weighted by atomic mass is 9.76. The Morgan fingerprint density at radius 1 is 1.10 bits per heavy atom. The van der Waals surface area contributed by atoms with E-state index in [1.807, 2.05) is 0 Å². The maximum Gasteiger partial charge on any atom is 0.344 e. The van der Waals surface area contributed by atoms with Gasteiger partial charge in [0, 0.05) is 0 Å². The van der Waals surface area contributed by atoms with E-state index in [9.17, 15) is 9.59 Å². The van der Waals surface area contributed by atoms with E-state index in [0.29, 0.717) is 23.7 Å². The molecule has 0 aromatic carbocycles. The normalized spacial score (nSPS) is 36.0. The number of rotatable bonds is 3. The summed E-state index contributed by atoms with van der Waals surface area (Å²) in [6.07, 6.45) is 2.05. The highest BCUT2D eigenvalue weighted by atomic mass is 16.6. The van der Waals surface area contributed by atoms with Crippen LogP contribution in [0.2, 0.25) is 0 Å². The summed E-state index contributed by atoms with van der Waals surface area (Å²) in [4.78, 5) is 23.7. The van der Waals surface area contributed by atoms with E-state index >= 15 is 0 Å². The number of fused-ring (bicyclic) bond motifs is 2. The third kappa shape index (κ3) is 3.15. The molecule has 2 bridgehead atoms. The molecule has 0 heterocycles. The van der Waals surface area contributed by atoms with Crippen LogP contribution in [-0.4, -0.2) is 24.1 Å². The highest BCUT2D eigenvalue weighted by molar-refractivity contribution is 5.78.